The van der Waals surface area contributed by atoms with E-state index in [0.717, 1.165) is 0 Å². The number of nitrogens with one attached hydrogen (secondary N) is 1. The molecule has 1 aliphatic rings. The number of epoxide rings is 1. The van der Waals surface area contributed by atoms with Crippen LogP contribution in [0.5, 0.6) is 0 Å². The maximum absolute atomic E-state index is 9.69. The minimum absolute atomic E-state index is 0.0419. The largest absolute Gasteiger partial charge is 0.343 e. The van der Waals surface area contributed by atoms with E-state index in [9.17, 15) is 4.79 Å². The van der Waals surface area contributed by atoms with Gasteiger partial charge in [-0.25, -0.2) is 0 Å². The maximum atomic E-state index is 9.69. The fourth-order valence-electron chi connectivity index (χ4n) is 0.504. The zero-order valence-corrected chi connectivity index (χ0v) is 4.33. The summed E-state index contributed by atoms with van der Waals surface area (Å²) in [5.41, 5.74) is 0. The van der Waals surface area contributed by atoms with Crippen molar-refractivity contribution in [1.82, 2.24) is 5.32 Å². The molecule has 0 aromatic heterocycles. The third kappa shape index (κ3) is 0.869. The Balaban J connectivity index is 2.16. The molecule has 1 amide bonds. The number of rotatable bonds is 3. The molecule has 0 bridgehead atoms. The first-order valence-electron chi connectivity index (χ1n) is 2.36. The quantitative estimate of drug-likeness (QED) is 0.308. The zero-order chi connectivity index (χ0) is 5.98. The van der Waals surface area contributed by atoms with Crippen LogP contribution in [0, 0.1) is 0 Å². The summed E-state index contributed by atoms with van der Waals surface area (Å²) in [4.78, 5) is 9.69. The lowest BCUT2D eigenvalue weighted by Gasteiger charge is -1.81. The first kappa shape index (κ1) is 5.31. The smallest absolute Gasteiger partial charge is 0.209 e. The summed E-state index contributed by atoms with van der Waals surface area (Å²) >= 11 is 0. The van der Waals surface area contributed by atoms with E-state index in [2.05, 4.69) is 11.9 Å². The maximum Gasteiger partial charge on any atom is 0.209 e. The Morgan fingerprint density at radius 2 is 2.50 bits per heavy atom. The lowest BCUT2D eigenvalue weighted by molar-refractivity contribution is -0.110. The molecule has 0 aromatic rings. The van der Waals surface area contributed by atoms with Gasteiger partial charge in [0.25, 0.3) is 0 Å². The van der Waals surface area contributed by atoms with E-state index in [0.29, 0.717) is 6.41 Å². The van der Waals surface area contributed by atoms with E-state index >= 15 is 0 Å². The Labute approximate surface area is 47.3 Å². The van der Waals surface area contributed by atoms with E-state index in [4.69, 9.17) is 4.74 Å². The Morgan fingerprint density at radius 3 is 2.88 bits per heavy atom. The summed E-state index contributed by atoms with van der Waals surface area (Å²) in [6, 6.07) is 0. The first-order valence-corrected chi connectivity index (χ1v) is 2.36. The van der Waals surface area contributed by atoms with Crippen LogP contribution in [-0.2, 0) is 9.53 Å². The normalized spacial score (nSPS) is 33.5. The Hall–Kier alpha value is -0.830. The summed E-state index contributed by atoms with van der Waals surface area (Å²) in [5, 5.41) is 2.45. The van der Waals surface area contributed by atoms with Crippen LogP contribution in [0.1, 0.15) is 0 Å². The van der Waals surface area contributed by atoms with Gasteiger partial charge >= 0.3 is 0 Å². The second-order valence-electron chi connectivity index (χ2n) is 1.54. The molecular weight excluding hydrogens is 106 g/mol. The molecule has 0 radical (unpaired) electrons. The SMILES string of the molecule is C=CC1OC1NC=O. The highest BCUT2D eigenvalue weighted by Gasteiger charge is 2.35. The van der Waals surface area contributed by atoms with Gasteiger partial charge in [-0.3, -0.25) is 4.79 Å². The Kier molecular flexibility index (Phi) is 1.30. The average Bonchev–Trinajstić information content (AvgIpc) is 2.48. The monoisotopic (exact) mass is 113 g/mol. The van der Waals surface area contributed by atoms with Crippen molar-refractivity contribution in [2.24, 2.45) is 0 Å². The number of hydrogen-bond donors (Lipinski definition) is 1. The van der Waals surface area contributed by atoms with Crippen LogP contribution in [0.2, 0.25) is 0 Å². The van der Waals surface area contributed by atoms with Gasteiger partial charge in [0.2, 0.25) is 6.41 Å². The number of amides is 1. The van der Waals surface area contributed by atoms with Crippen molar-refractivity contribution in [3.05, 3.63) is 12.7 Å². The zero-order valence-electron chi connectivity index (χ0n) is 4.33. The molecule has 3 nitrogen and oxygen atoms in total. The van der Waals surface area contributed by atoms with Gasteiger partial charge in [0.05, 0.1) is 0 Å². The summed E-state index contributed by atoms with van der Waals surface area (Å²) in [6.07, 6.45) is 2.21. The van der Waals surface area contributed by atoms with Crippen molar-refractivity contribution in [2.45, 2.75) is 12.3 Å². The summed E-state index contributed by atoms with van der Waals surface area (Å²) in [6.45, 7) is 3.47. The van der Waals surface area contributed by atoms with E-state index in [1.807, 2.05) is 0 Å². The van der Waals surface area contributed by atoms with Gasteiger partial charge in [-0.1, -0.05) is 6.08 Å². The average molecular weight is 113 g/mol. The van der Waals surface area contributed by atoms with Gasteiger partial charge < -0.3 is 10.1 Å². The van der Waals surface area contributed by atoms with Crippen LogP contribution in [0.15, 0.2) is 12.7 Å². The second-order valence-corrected chi connectivity index (χ2v) is 1.54. The third-order valence-electron chi connectivity index (χ3n) is 0.990. The van der Waals surface area contributed by atoms with E-state index in [1.54, 1.807) is 6.08 Å². The van der Waals surface area contributed by atoms with Gasteiger partial charge in [-0.05, 0) is 0 Å². The van der Waals surface area contributed by atoms with E-state index < -0.39 is 0 Å². The van der Waals surface area contributed by atoms with E-state index in [1.165, 1.54) is 0 Å². The topological polar surface area (TPSA) is 41.6 Å². The molecule has 3 heteroatoms. The van der Waals surface area contributed by atoms with Crippen LogP contribution in [-0.4, -0.2) is 18.7 Å². The number of hydrogen-bond acceptors (Lipinski definition) is 2. The lowest BCUT2D eigenvalue weighted by Crippen LogP contribution is -2.16. The standard InChI is InChI=1S/C5H7NO2/c1-2-4-5(8-4)6-3-7/h2-5H,1H2,(H,6,7). The molecule has 2 unspecified atom stereocenters. The number of ether oxygens (including phenoxy) is 1. The van der Waals surface area contributed by atoms with Crippen LogP contribution in [0.3, 0.4) is 0 Å². The molecule has 8 heavy (non-hydrogen) atoms. The first-order chi connectivity index (χ1) is 3.88. The van der Waals surface area contributed by atoms with Crippen molar-refractivity contribution in [3.63, 3.8) is 0 Å². The van der Waals surface area contributed by atoms with Crippen LogP contribution < -0.4 is 5.32 Å². The molecule has 0 saturated carbocycles. The highest BCUT2D eigenvalue weighted by atomic mass is 16.6. The molecule has 1 fully saturated rings. The molecule has 0 aliphatic carbocycles. The summed E-state index contributed by atoms with van der Waals surface area (Å²) in [5.74, 6) is 0. The summed E-state index contributed by atoms with van der Waals surface area (Å²) in [7, 11) is 0. The highest BCUT2D eigenvalue weighted by molar-refractivity contribution is 5.47. The van der Waals surface area contributed by atoms with Gasteiger partial charge in [0, 0.05) is 0 Å². The highest BCUT2D eigenvalue weighted by Crippen LogP contribution is 2.18. The van der Waals surface area contributed by atoms with Gasteiger partial charge in [0.15, 0.2) is 6.23 Å². The fourth-order valence-corrected chi connectivity index (χ4v) is 0.504. The molecule has 0 spiro atoms. The van der Waals surface area contributed by atoms with Crippen molar-refractivity contribution in [2.75, 3.05) is 0 Å². The molecule has 1 heterocycles. The fraction of sp³-hybridized carbons (Fsp3) is 0.400. The van der Waals surface area contributed by atoms with Gasteiger partial charge in [0.1, 0.15) is 6.10 Å². The molecule has 44 valence electrons. The molecule has 1 N–H and O–H groups in total. The number of carbonyl (C=O) groups is 1. The Bertz CT molecular complexity index is 113. The minimum atomic E-state index is -0.106. The van der Waals surface area contributed by atoms with Crippen LogP contribution in [0.4, 0.5) is 0 Å². The molecule has 1 aliphatic heterocycles. The van der Waals surface area contributed by atoms with Crippen molar-refractivity contribution < 1.29 is 9.53 Å². The van der Waals surface area contributed by atoms with E-state index in [-0.39, 0.29) is 12.3 Å². The lowest BCUT2D eigenvalue weighted by atomic mass is 10.4. The van der Waals surface area contributed by atoms with Gasteiger partial charge in [-0.2, -0.15) is 0 Å². The predicted molar refractivity (Wildman–Crippen MR) is 28.1 cm³/mol. The number of carbonyl (C=O) groups excluding carboxylic acids is 1. The Morgan fingerprint density at radius 1 is 1.75 bits per heavy atom. The molecule has 2 atom stereocenters. The van der Waals surface area contributed by atoms with Crippen molar-refractivity contribution in [3.8, 4) is 0 Å². The molecular formula is C5H7NO2. The predicted octanol–water partition coefficient (Wildman–Crippen LogP) is -0.357. The second kappa shape index (κ2) is 1.96. The molecule has 0 aromatic carbocycles. The minimum Gasteiger partial charge on any atom is -0.343 e. The van der Waals surface area contributed by atoms with Crippen LogP contribution >= 0.6 is 0 Å². The van der Waals surface area contributed by atoms with Crippen molar-refractivity contribution in [1.29, 1.82) is 0 Å². The van der Waals surface area contributed by atoms with Crippen LogP contribution in [0.25, 0.3) is 0 Å². The molecule has 1 rings (SSSR count). The summed E-state index contributed by atoms with van der Waals surface area (Å²) < 4.78 is 4.85. The third-order valence-corrected chi connectivity index (χ3v) is 0.990. The molecule has 1 saturated heterocycles. The van der Waals surface area contributed by atoms with Gasteiger partial charge in [-0.15, -0.1) is 6.58 Å². The van der Waals surface area contributed by atoms with Crippen molar-refractivity contribution >= 4 is 6.41 Å².